The first kappa shape index (κ1) is 14.2. The maximum Gasteiger partial charge on any atom is 0.125 e. The fourth-order valence-corrected chi connectivity index (χ4v) is 3.36. The summed E-state index contributed by atoms with van der Waals surface area (Å²) in [6, 6.07) is 15.3. The van der Waals surface area contributed by atoms with Crippen molar-refractivity contribution in [2.45, 2.75) is 44.1 Å². The average Bonchev–Trinajstić information content (AvgIpc) is 2.56. The molecular weight excluding hydrogens is 260 g/mol. The van der Waals surface area contributed by atoms with Crippen molar-refractivity contribution < 1.29 is 10.2 Å². The van der Waals surface area contributed by atoms with Crippen LogP contribution in [-0.2, 0) is 0 Å². The second-order valence-corrected chi connectivity index (χ2v) is 5.93. The van der Waals surface area contributed by atoms with E-state index in [4.69, 9.17) is 0 Å². The fourth-order valence-electron chi connectivity index (χ4n) is 3.36. The molecule has 1 aliphatic carbocycles. The van der Waals surface area contributed by atoms with Crippen LogP contribution in [0, 0.1) is 0 Å². The van der Waals surface area contributed by atoms with Crippen molar-refractivity contribution in [2.24, 2.45) is 0 Å². The van der Waals surface area contributed by atoms with Crippen molar-refractivity contribution in [1.29, 1.82) is 0 Å². The fraction of sp³-hybridized carbons (Fsp3) is 0.368. The molecule has 0 heterocycles. The van der Waals surface area contributed by atoms with Gasteiger partial charge in [-0.3, -0.25) is 0 Å². The Kier molecular flexibility index (Phi) is 4.26. The molecule has 2 aromatic carbocycles. The molecule has 1 fully saturated rings. The van der Waals surface area contributed by atoms with Gasteiger partial charge in [0.15, 0.2) is 0 Å². The number of phenolic OH excluding ortho intramolecular Hbond substituents is 1. The molecule has 0 saturated heterocycles. The molecule has 3 rings (SSSR count). The van der Waals surface area contributed by atoms with Gasteiger partial charge >= 0.3 is 0 Å². The highest BCUT2D eigenvalue weighted by atomic mass is 16.3. The highest BCUT2D eigenvalue weighted by Gasteiger charge is 2.22. The molecule has 0 bridgehead atoms. The maximum atomic E-state index is 10.6. The lowest BCUT2D eigenvalue weighted by molar-refractivity contribution is 0.215. The van der Waals surface area contributed by atoms with Crippen LogP contribution in [-0.4, -0.2) is 10.2 Å². The van der Waals surface area contributed by atoms with Gasteiger partial charge in [-0.2, -0.15) is 0 Å². The van der Waals surface area contributed by atoms with Gasteiger partial charge in [-0.25, -0.2) is 0 Å². The Hall–Kier alpha value is -1.80. The first-order valence-electron chi connectivity index (χ1n) is 7.82. The monoisotopic (exact) mass is 282 g/mol. The smallest absolute Gasteiger partial charge is 0.125 e. The SMILES string of the molecule is Oc1c(C2CCCCC2)cccc1C(O)c1ccccc1. The molecule has 1 atom stereocenters. The Morgan fingerprint density at radius 3 is 2.29 bits per heavy atom. The van der Waals surface area contributed by atoms with Gasteiger partial charge in [-0.1, -0.05) is 67.8 Å². The lowest BCUT2D eigenvalue weighted by atomic mass is 9.82. The van der Waals surface area contributed by atoms with E-state index < -0.39 is 6.10 Å². The first-order chi connectivity index (χ1) is 10.3. The minimum Gasteiger partial charge on any atom is -0.507 e. The highest BCUT2D eigenvalue weighted by Crippen LogP contribution is 2.40. The van der Waals surface area contributed by atoms with Crippen LogP contribution in [0.5, 0.6) is 5.75 Å². The zero-order valence-corrected chi connectivity index (χ0v) is 12.2. The Bertz CT molecular complexity index is 586. The molecule has 2 nitrogen and oxygen atoms in total. The molecule has 2 aromatic rings. The van der Waals surface area contributed by atoms with Crippen LogP contribution in [0.2, 0.25) is 0 Å². The van der Waals surface area contributed by atoms with Gasteiger partial charge in [0, 0.05) is 5.56 Å². The van der Waals surface area contributed by atoms with Gasteiger partial charge in [0.1, 0.15) is 11.9 Å². The van der Waals surface area contributed by atoms with E-state index in [1.54, 1.807) is 0 Å². The Morgan fingerprint density at radius 2 is 1.57 bits per heavy atom. The van der Waals surface area contributed by atoms with E-state index in [9.17, 15) is 10.2 Å². The molecule has 1 saturated carbocycles. The predicted molar refractivity (Wildman–Crippen MR) is 84.4 cm³/mol. The largest absolute Gasteiger partial charge is 0.507 e. The van der Waals surface area contributed by atoms with Gasteiger partial charge in [0.05, 0.1) is 0 Å². The third kappa shape index (κ3) is 2.96. The van der Waals surface area contributed by atoms with E-state index in [2.05, 4.69) is 0 Å². The van der Waals surface area contributed by atoms with Crippen molar-refractivity contribution in [3.8, 4) is 5.75 Å². The number of hydrogen-bond donors (Lipinski definition) is 2. The van der Waals surface area contributed by atoms with Gasteiger partial charge in [0.25, 0.3) is 0 Å². The summed E-state index contributed by atoms with van der Waals surface area (Å²) in [6.45, 7) is 0. The standard InChI is InChI=1S/C19H22O2/c20-18(15-10-5-2-6-11-15)17-13-7-12-16(19(17)21)14-8-3-1-4-9-14/h2,5-7,10-14,18,20-21H,1,3-4,8-9H2. The Labute approximate surface area is 126 Å². The summed E-state index contributed by atoms with van der Waals surface area (Å²) >= 11 is 0. The molecule has 0 spiro atoms. The molecular formula is C19H22O2. The van der Waals surface area contributed by atoms with Crippen LogP contribution >= 0.6 is 0 Å². The molecule has 110 valence electrons. The third-order valence-corrected chi connectivity index (χ3v) is 4.55. The van der Waals surface area contributed by atoms with Crippen LogP contribution < -0.4 is 0 Å². The van der Waals surface area contributed by atoms with E-state index in [1.165, 1.54) is 19.3 Å². The average molecular weight is 282 g/mol. The number of hydrogen-bond acceptors (Lipinski definition) is 2. The molecule has 0 aromatic heterocycles. The topological polar surface area (TPSA) is 40.5 Å². The van der Waals surface area contributed by atoms with Crippen molar-refractivity contribution in [3.05, 3.63) is 65.2 Å². The summed E-state index contributed by atoms with van der Waals surface area (Å²) in [5, 5.41) is 21.1. The molecule has 0 radical (unpaired) electrons. The minimum atomic E-state index is -0.769. The van der Waals surface area contributed by atoms with Crippen molar-refractivity contribution >= 4 is 0 Å². The van der Waals surface area contributed by atoms with Crippen LogP contribution in [0.15, 0.2) is 48.5 Å². The lowest BCUT2D eigenvalue weighted by Crippen LogP contribution is -2.07. The molecule has 2 N–H and O–H groups in total. The summed E-state index contributed by atoms with van der Waals surface area (Å²) in [5.74, 6) is 0.711. The molecule has 21 heavy (non-hydrogen) atoms. The Balaban J connectivity index is 1.92. The molecule has 0 aliphatic heterocycles. The van der Waals surface area contributed by atoms with Gasteiger partial charge in [-0.15, -0.1) is 0 Å². The number of para-hydroxylation sites is 1. The first-order valence-corrected chi connectivity index (χ1v) is 7.82. The molecule has 2 heteroatoms. The van der Waals surface area contributed by atoms with E-state index in [-0.39, 0.29) is 5.75 Å². The van der Waals surface area contributed by atoms with Crippen LogP contribution in [0.4, 0.5) is 0 Å². The number of benzene rings is 2. The third-order valence-electron chi connectivity index (χ3n) is 4.55. The van der Waals surface area contributed by atoms with Gasteiger partial charge in [0.2, 0.25) is 0 Å². The second kappa shape index (κ2) is 6.31. The number of phenols is 1. The second-order valence-electron chi connectivity index (χ2n) is 5.93. The van der Waals surface area contributed by atoms with Crippen LogP contribution in [0.3, 0.4) is 0 Å². The Morgan fingerprint density at radius 1 is 0.857 bits per heavy atom. The molecule has 1 aliphatic rings. The predicted octanol–water partition coefficient (Wildman–Crippen LogP) is 4.52. The number of aromatic hydroxyl groups is 1. The van der Waals surface area contributed by atoms with Crippen LogP contribution in [0.25, 0.3) is 0 Å². The van der Waals surface area contributed by atoms with E-state index in [0.717, 1.165) is 24.0 Å². The zero-order chi connectivity index (χ0) is 14.7. The van der Waals surface area contributed by atoms with E-state index in [1.807, 2.05) is 48.5 Å². The number of rotatable bonds is 3. The minimum absolute atomic E-state index is 0.278. The van der Waals surface area contributed by atoms with E-state index >= 15 is 0 Å². The van der Waals surface area contributed by atoms with Gasteiger partial charge < -0.3 is 10.2 Å². The number of aliphatic hydroxyl groups is 1. The summed E-state index contributed by atoms with van der Waals surface area (Å²) < 4.78 is 0. The number of aliphatic hydroxyl groups excluding tert-OH is 1. The van der Waals surface area contributed by atoms with E-state index in [0.29, 0.717) is 11.5 Å². The van der Waals surface area contributed by atoms with Gasteiger partial charge in [-0.05, 0) is 29.9 Å². The normalized spacial score (nSPS) is 17.6. The summed E-state index contributed by atoms with van der Waals surface area (Å²) in [5.41, 5.74) is 2.43. The van der Waals surface area contributed by atoms with Crippen LogP contribution in [0.1, 0.15) is 60.8 Å². The van der Waals surface area contributed by atoms with Crippen molar-refractivity contribution in [2.75, 3.05) is 0 Å². The molecule has 0 amide bonds. The quantitative estimate of drug-likeness (QED) is 0.868. The highest BCUT2D eigenvalue weighted by molar-refractivity contribution is 5.46. The summed E-state index contributed by atoms with van der Waals surface area (Å²) in [7, 11) is 0. The molecule has 1 unspecified atom stereocenters. The lowest BCUT2D eigenvalue weighted by Gasteiger charge is -2.24. The van der Waals surface area contributed by atoms with Crippen molar-refractivity contribution in [3.63, 3.8) is 0 Å². The van der Waals surface area contributed by atoms with Crippen molar-refractivity contribution in [1.82, 2.24) is 0 Å². The zero-order valence-electron chi connectivity index (χ0n) is 12.2. The maximum absolute atomic E-state index is 10.6. The summed E-state index contributed by atoms with van der Waals surface area (Å²) in [6.07, 6.45) is 5.26. The summed E-state index contributed by atoms with van der Waals surface area (Å²) in [4.78, 5) is 0.